The molecular formula is C23H22ClF3N4O2. The van der Waals surface area contributed by atoms with Crippen LogP contribution in [0.5, 0.6) is 5.75 Å². The second kappa shape index (κ2) is 8.97. The molecule has 1 N–H and O–H groups in total. The van der Waals surface area contributed by atoms with Crippen LogP contribution >= 0.6 is 11.6 Å². The molecule has 0 fully saturated rings. The number of nitrogens with zero attached hydrogens (tertiary/aromatic N) is 3. The highest BCUT2D eigenvalue weighted by Gasteiger charge is 2.48. The number of carbonyl (C=O) groups excluding carboxylic acids is 1. The molecule has 0 spiro atoms. The molecule has 174 valence electrons. The van der Waals surface area contributed by atoms with Gasteiger partial charge in [-0.3, -0.25) is 4.79 Å². The van der Waals surface area contributed by atoms with Crippen molar-refractivity contribution in [3.63, 3.8) is 0 Å². The van der Waals surface area contributed by atoms with Crippen molar-refractivity contribution < 1.29 is 22.7 Å². The van der Waals surface area contributed by atoms with Gasteiger partial charge >= 0.3 is 6.18 Å². The summed E-state index contributed by atoms with van der Waals surface area (Å²) in [7, 11) is 3.07. The highest BCUT2D eigenvalue weighted by molar-refractivity contribution is 6.36. The maximum Gasteiger partial charge on any atom is 0.410 e. The van der Waals surface area contributed by atoms with Crippen molar-refractivity contribution in [2.75, 3.05) is 19.5 Å². The molecule has 0 saturated carbocycles. The van der Waals surface area contributed by atoms with E-state index in [4.69, 9.17) is 16.3 Å². The molecule has 2 aromatic carbocycles. The number of halogens is 4. The number of aromatic nitrogens is 2. The van der Waals surface area contributed by atoms with E-state index in [1.54, 1.807) is 31.3 Å². The summed E-state index contributed by atoms with van der Waals surface area (Å²) >= 11 is 6.42. The lowest BCUT2D eigenvalue weighted by atomic mass is 9.97. The van der Waals surface area contributed by atoms with Crippen LogP contribution in [0.1, 0.15) is 40.1 Å². The number of hydrogen-bond acceptors (Lipinski definition) is 4. The van der Waals surface area contributed by atoms with E-state index in [-0.39, 0.29) is 29.5 Å². The van der Waals surface area contributed by atoms with Gasteiger partial charge in [-0.2, -0.15) is 18.3 Å². The zero-order valence-corrected chi connectivity index (χ0v) is 18.7. The first-order valence-electron chi connectivity index (χ1n) is 10.2. The average molecular weight is 479 g/mol. The Morgan fingerprint density at radius 2 is 1.88 bits per heavy atom. The Balaban J connectivity index is 1.66. The van der Waals surface area contributed by atoms with E-state index in [0.717, 1.165) is 10.2 Å². The van der Waals surface area contributed by atoms with Gasteiger partial charge in [-0.1, -0.05) is 54.1 Å². The third kappa shape index (κ3) is 4.64. The van der Waals surface area contributed by atoms with Crippen molar-refractivity contribution in [1.82, 2.24) is 14.7 Å². The number of anilines is 1. The molecule has 1 aliphatic heterocycles. The Kier molecular flexibility index (Phi) is 6.25. The van der Waals surface area contributed by atoms with Gasteiger partial charge < -0.3 is 15.0 Å². The average Bonchev–Trinajstić information content (AvgIpc) is 3.14. The van der Waals surface area contributed by atoms with Gasteiger partial charge in [-0.15, -0.1) is 0 Å². The lowest BCUT2D eigenvalue weighted by Crippen LogP contribution is -2.36. The maximum absolute atomic E-state index is 14.0. The number of nitrogens with one attached hydrogen (secondary N) is 1. The largest absolute Gasteiger partial charge is 0.497 e. The van der Waals surface area contributed by atoms with E-state index in [9.17, 15) is 18.0 Å². The Bertz CT molecular complexity index is 1130. The van der Waals surface area contributed by atoms with Gasteiger partial charge in [0.2, 0.25) is 0 Å². The van der Waals surface area contributed by atoms with Crippen molar-refractivity contribution in [3.05, 3.63) is 76.4 Å². The fourth-order valence-electron chi connectivity index (χ4n) is 3.89. The summed E-state index contributed by atoms with van der Waals surface area (Å²) in [6.45, 7) is 0.267. The van der Waals surface area contributed by atoms with Crippen LogP contribution in [0, 0.1) is 0 Å². The highest BCUT2D eigenvalue weighted by atomic mass is 35.5. The highest BCUT2D eigenvalue weighted by Crippen LogP contribution is 2.46. The second-order valence-electron chi connectivity index (χ2n) is 7.87. The van der Waals surface area contributed by atoms with Gasteiger partial charge in [0.15, 0.2) is 11.7 Å². The first kappa shape index (κ1) is 23.0. The first-order chi connectivity index (χ1) is 15.7. The monoisotopic (exact) mass is 478 g/mol. The fraction of sp³-hybridized carbons (Fsp3) is 0.304. The van der Waals surface area contributed by atoms with Crippen molar-refractivity contribution >= 4 is 23.3 Å². The minimum atomic E-state index is -4.58. The summed E-state index contributed by atoms with van der Waals surface area (Å²) in [4.78, 5) is 14.4. The molecule has 4 rings (SSSR count). The summed E-state index contributed by atoms with van der Waals surface area (Å²) in [5, 5.41) is 6.92. The molecule has 0 aliphatic carbocycles. The van der Waals surface area contributed by atoms with E-state index in [0.29, 0.717) is 11.3 Å². The molecule has 10 heteroatoms. The molecule has 2 atom stereocenters. The van der Waals surface area contributed by atoms with Crippen molar-refractivity contribution in [2.24, 2.45) is 0 Å². The molecule has 33 heavy (non-hydrogen) atoms. The Hall–Kier alpha value is -3.20. The number of rotatable bonds is 5. The fourth-order valence-corrected chi connectivity index (χ4v) is 4.15. The number of benzene rings is 2. The Morgan fingerprint density at radius 1 is 1.21 bits per heavy atom. The van der Waals surface area contributed by atoms with Crippen LogP contribution in [0.15, 0.2) is 54.6 Å². The van der Waals surface area contributed by atoms with Crippen molar-refractivity contribution in [1.29, 1.82) is 0 Å². The van der Waals surface area contributed by atoms with Crippen LogP contribution in [-0.2, 0) is 6.54 Å². The van der Waals surface area contributed by atoms with Gasteiger partial charge in [0.25, 0.3) is 5.91 Å². The Labute approximate surface area is 193 Å². The SMILES string of the molecule is COc1ccc([C@H]2C[C@H](C(F)(F)F)n3nc(C(=O)N(C)Cc4ccccc4)c(Cl)c3N2)cc1. The second-order valence-corrected chi connectivity index (χ2v) is 8.24. The lowest BCUT2D eigenvalue weighted by molar-refractivity contribution is -0.173. The molecule has 0 radical (unpaired) electrons. The van der Waals surface area contributed by atoms with Gasteiger partial charge in [0.1, 0.15) is 16.6 Å². The molecule has 1 amide bonds. The smallest absolute Gasteiger partial charge is 0.410 e. The summed E-state index contributed by atoms with van der Waals surface area (Å²) in [5.74, 6) is 0.0105. The zero-order valence-electron chi connectivity index (χ0n) is 17.9. The molecular weight excluding hydrogens is 457 g/mol. The van der Waals surface area contributed by atoms with E-state index >= 15 is 0 Å². The number of fused-ring (bicyclic) bond motifs is 1. The van der Waals surface area contributed by atoms with E-state index in [1.165, 1.54) is 12.0 Å². The van der Waals surface area contributed by atoms with Crippen LogP contribution in [0.4, 0.5) is 19.0 Å². The molecule has 2 heterocycles. The van der Waals surface area contributed by atoms with Crippen molar-refractivity contribution in [3.8, 4) is 5.75 Å². The number of ether oxygens (including phenoxy) is 1. The quantitative estimate of drug-likeness (QED) is 0.527. The standard InChI is InChI=1S/C23H22ClF3N4O2/c1-30(13-14-6-4-3-5-7-14)22(32)20-19(24)21-28-17(15-8-10-16(33-2)11-9-15)12-18(23(25,26)27)31(21)29-20/h3-11,17-18,28H,12-13H2,1-2H3/t17-,18-/m1/s1. The summed E-state index contributed by atoms with van der Waals surface area (Å²) in [5.41, 5.74) is 1.30. The number of alkyl halides is 3. The molecule has 6 nitrogen and oxygen atoms in total. The van der Waals surface area contributed by atoms with Gasteiger partial charge in [-0.05, 0) is 23.3 Å². The van der Waals surface area contributed by atoms with Crippen LogP contribution < -0.4 is 10.1 Å². The number of hydrogen-bond donors (Lipinski definition) is 1. The summed E-state index contributed by atoms with van der Waals surface area (Å²) in [6.07, 6.45) is -4.87. The van der Waals surface area contributed by atoms with Gasteiger partial charge in [-0.25, -0.2) is 4.68 Å². The zero-order chi connectivity index (χ0) is 23.8. The van der Waals surface area contributed by atoms with Crippen LogP contribution in [0.25, 0.3) is 0 Å². The molecule has 1 aliphatic rings. The third-order valence-electron chi connectivity index (χ3n) is 5.63. The minimum Gasteiger partial charge on any atom is -0.497 e. The molecule has 0 unspecified atom stereocenters. The van der Waals surface area contributed by atoms with Gasteiger partial charge in [0, 0.05) is 20.0 Å². The number of methoxy groups -OCH3 is 1. The maximum atomic E-state index is 14.0. The number of amides is 1. The molecule has 0 bridgehead atoms. The van der Waals surface area contributed by atoms with Crippen LogP contribution in [0.2, 0.25) is 5.02 Å². The Morgan fingerprint density at radius 3 is 2.48 bits per heavy atom. The normalized spacial score (nSPS) is 17.8. The molecule has 3 aromatic rings. The predicted octanol–water partition coefficient (Wildman–Crippen LogP) is 5.48. The van der Waals surface area contributed by atoms with E-state index in [2.05, 4.69) is 10.4 Å². The molecule has 1 aromatic heterocycles. The lowest BCUT2D eigenvalue weighted by Gasteiger charge is -2.33. The summed E-state index contributed by atoms with van der Waals surface area (Å²) < 4.78 is 47.8. The molecule has 0 saturated heterocycles. The minimum absolute atomic E-state index is 0.0254. The third-order valence-corrected chi connectivity index (χ3v) is 5.98. The van der Waals surface area contributed by atoms with E-state index in [1.807, 2.05) is 30.3 Å². The summed E-state index contributed by atoms with van der Waals surface area (Å²) in [6, 6.07) is 13.4. The van der Waals surface area contributed by atoms with Crippen LogP contribution in [0.3, 0.4) is 0 Å². The topological polar surface area (TPSA) is 59.4 Å². The number of carbonyl (C=O) groups is 1. The predicted molar refractivity (Wildman–Crippen MR) is 119 cm³/mol. The van der Waals surface area contributed by atoms with E-state index < -0.39 is 24.2 Å². The van der Waals surface area contributed by atoms with Crippen molar-refractivity contribution in [2.45, 2.75) is 31.2 Å². The first-order valence-corrected chi connectivity index (χ1v) is 10.6. The van der Waals surface area contributed by atoms with Gasteiger partial charge in [0.05, 0.1) is 13.2 Å². The van der Waals surface area contributed by atoms with Crippen LogP contribution in [-0.4, -0.2) is 40.9 Å².